The molecule has 0 aromatic heterocycles. The minimum Gasteiger partial charge on any atom is -0.497 e. The summed E-state index contributed by atoms with van der Waals surface area (Å²) in [5.74, 6) is 0.272. The molecule has 0 unspecified atom stereocenters. The number of halogens is 1. The van der Waals surface area contributed by atoms with Crippen LogP contribution in [0.4, 0.5) is 5.69 Å². The van der Waals surface area contributed by atoms with E-state index in [1.54, 1.807) is 37.5 Å². The normalized spacial score (nSPS) is 10.8. The maximum atomic E-state index is 12.3. The molecular formula is C19H17BrN2O2. The first-order valence-corrected chi connectivity index (χ1v) is 8.22. The van der Waals surface area contributed by atoms with Crippen LogP contribution in [-0.4, -0.2) is 13.0 Å². The zero-order valence-electron chi connectivity index (χ0n) is 13.5. The number of benzene rings is 2. The summed E-state index contributed by atoms with van der Waals surface area (Å²) >= 11 is 3.44. The number of ether oxygens (including phenoxy) is 1. The molecule has 0 aliphatic carbocycles. The van der Waals surface area contributed by atoms with Crippen molar-refractivity contribution in [3.05, 3.63) is 63.6 Å². The molecule has 0 radical (unpaired) electrons. The second-order valence-corrected chi connectivity index (χ2v) is 5.92. The molecule has 2 aromatic carbocycles. The van der Waals surface area contributed by atoms with Crippen LogP contribution in [0.1, 0.15) is 18.1 Å². The Morgan fingerprint density at radius 1 is 1.29 bits per heavy atom. The summed E-state index contributed by atoms with van der Waals surface area (Å²) in [6.07, 6.45) is 2.46. The van der Waals surface area contributed by atoms with E-state index in [4.69, 9.17) is 4.74 Å². The van der Waals surface area contributed by atoms with E-state index in [1.165, 1.54) is 0 Å². The predicted molar refractivity (Wildman–Crippen MR) is 98.7 cm³/mol. The molecule has 0 aliphatic rings. The highest BCUT2D eigenvalue weighted by molar-refractivity contribution is 9.10. The van der Waals surface area contributed by atoms with E-state index in [9.17, 15) is 10.1 Å². The fourth-order valence-corrected chi connectivity index (χ4v) is 2.61. The van der Waals surface area contributed by atoms with Gasteiger partial charge in [-0.05, 0) is 63.8 Å². The summed E-state index contributed by atoms with van der Waals surface area (Å²) in [7, 11) is 1.58. The number of nitriles is 1. The molecule has 0 aliphatic heterocycles. The van der Waals surface area contributed by atoms with Gasteiger partial charge in [0.2, 0.25) is 0 Å². The Morgan fingerprint density at radius 2 is 2.00 bits per heavy atom. The molecule has 1 amide bonds. The predicted octanol–water partition coefficient (Wildman–Crippen LogP) is 4.57. The summed E-state index contributed by atoms with van der Waals surface area (Å²) in [5, 5.41) is 12.0. The van der Waals surface area contributed by atoms with Crippen LogP contribution in [0.15, 0.2) is 52.5 Å². The molecule has 0 fully saturated rings. The van der Waals surface area contributed by atoms with Crippen molar-refractivity contribution in [2.75, 3.05) is 12.4 Å². The number of carbonyl (C=O) groups is 1. The van der Waals surface area contributed by atoms with Gasteiger partial charge in [0, 0.05) is 4.47 Å². The molecule has 24 heavy (non-hydrogen) atoms. The van der Waals surface area contributed by atoms with Crippen LogP contribution in [0, 0.1) is 11.3 Å². The molecule has 5 heteroatoms. The number of nitrogens with zero attached hydrogens (tertiary/aromatic N) is 1. The van der Waals surface area contributed by atoms with Gasteiger partial charge in [0.25, 0.3) is 5.91 Å². The minimum atomic E-state index is -0.446. The molecular weight excluding hydrogens is 368 g/mol. The highest BCUT2D eigenvalue weighted by atomic mass is 79.9. The molecule has 122 valence electrons. The minimum absolute atomic E-state index is 0.0339. The first kappa shape index (κ1) is 17.8. The van der Waals surface area contributed by atoms with Gasteiger partial charge < -0.3 is 10.1 Å². The van der Waals surface area contributed by atoms with Crippen molar-refractivity contribution in [2.45, 2.75) is 13.3 Å². The van der Waals surface area contributed by atoms with Crippen LogP contribution in [0.3, 0.4) is 0 Å². The zero-order chi connectivity index (χ0) is 17.5. The van der Waals surface area contributed by atoms with Gasteiger partial charge in [0.15, 0.2) is 0 Å². The maximum absolute atomic E-state index is 12.3. The van der Waals surface area contributed by atoms with Gasteiger partial charge in [0.05, 0.1) is 12.8 Å². The Kier molecular flexibility index (Phi) is 6.16. The number of methoxy groups -OCH3 is 1. The number of aryl methyl sites for hydroxylation is 1. The standard InChI is InChI=1S/C19H17BrN2O2/c1-3-13-6-9-18(17(20)11-13)22-19(23)15(12-21)10-14-4-7-16(24-2)8-5-14/h4-11H,3H2,1-2H3,(H,22,23)/b15-10+. The fourth-order valence-electron chi connectivity index (χ4n) is 2.08. The molecule has 0 spiro atoms. The van der Waals surface area contributed by atoms with Gasteiger partial charge in [-0.1, -0.05) is 25.1 Å². The highest BCUT2D eigenvalue weighted by Crippen LogP contribution is 2.24. The van der Waals surface area contributed by atoms with Crippen molar-refractivity contribution in [1.29, 1.82) is 5.26 Å². The van der Waals surface area contributed by atoms with E-state index in [1.807, 2.05) is 24.3 Å². The smallest absolute Gasteiger partial charge is 0.266 e. The lowest BCUT2D eigenvalue weighted by Crippen LogP contribution is -2.13. The number of hydrogen-bond donors (Lipinski definition) is 1. The van der Waals surface area contributed by atoms with Crippen LogP contribution in [0.2, 0.25) is 0 Å². The quantitative estimate of drug-likeness (QED) is 0.606. The topological polar surface area (TPSA) is 62.1 Å². The number of anilines is 1. The molecule has 4 nitrogen and oxygen atoms in total. The third kappa shape index (κ3) is 4.46. The fraction of sp³-hybridized carbons (Fsp3) is 0.158. The van der Waals surface area contributed by atoms with E-state index < -0.39 is 5.91 Å². The number of carbonyl (C=O) groups excluding carboxylic acids is 1. The first-order valence-electron chi connectivity index (χ1n) is 7.43. The van der Waals surface area contributed by atoms with Crippen LogP contribution in [-0.2, 0) is 11.2 Å². The van der Waals surface area contributed by atoms with Crippen molar-refractivity contribution in [2.24, 2.45) is 0 Å². The second kappa shape index (κ2) is 8.32. The largest absolute Gasteiger partial charge is 0.497 e. The molecule has 2 rings (SSSR count). The van der Waals surface area contributed by atoms with Crippen molar-refractivity contribution < 1.29 is 9.53 Å². The lowest BCUT2D eigenvalue weighted by atomic mass is 10.1. The number of nitrogens with one attached hydrogen (secondary N) is 1. The maximum Gasteiger partial charge on any atom is 0.266 e. The lowest BCUT2D eigenvalue weighted by Gasteiger charge is -2.08. The van der Waals surface area contributed by atoms with Crippen LogP contribution < -0.4 is 10.1 Å². The van der Waals surface area contributed by atoms with Crippen LogP contribution in [0.25, 0.3) is 6.08 Å². The Morgan fingerprint density at radius 3 is 2.54 bits per heavy atom. The van der Waals surface area contributed by atoms with Crippen LogP contribution >= 0.6 is 15.9 Å². The molecule has 2 aromatic rings. The van der Waals surface area contributed by atoms with Gasteiger partial charge in [-0.3, -0.25) is 4.79 Å². The van der Waals surface area contributed by atoms with Gasteiger partial charge >= 0.3 is 0 Å². The van der Waals surface area contributed by atoms with Crippen molar-refractivity contribution in [1.82, 2.24) is 0 Å². The Bertz CT molecular complexity index is 805. The molecule has 0 bridgehead atoms. The summed E-state index contributed by atoms with van der Waals surface area (Å²) in [6.45, 7) is 2.06. The Balaban J connectivity index is 2.19. The van der Waals surface area contributed by atoms with E-state index in [2.05, 4.69) is 28.2 Å². The Labute approximate surface area is 149 Å². The third-order valence-corrected chi connectivity index (χ3v) is 4.14. The molecule has 0 saturated heterocycles. The summed E-state index contributed by atoms with van der Waals surface area (Å²) in [4.78, 5) is 12.3. The number of hydrogen-bond acceptors (Lipinski definition) is 3. The number of rotatable bonds is 5. The van der Waals surface area contributed by atoms with E-state index >= 15 is 0 Å². The Hall–Kier alpha value is -2.58. The monoisotopic (exact) mass is 384 g/mol. The molecule has 0 saturated carbocycles. The van der Waals surface area contributed by atoms with E-state index in [-0.39, 0.29) is 5.57 Å². The van der Waals surface area contributed by atoms with Gasteiger partial charge in [-0.15, -0.1) is 0 Å². The summed E-state index contributed by atoms with van der Waals surface area (Å²) < 4.78 is 5.88. The molecule has 1 N–H and O–H groups in total. The van der Waals surface area contributed by atoms with Crippen molar-refractivity contribution in [3.8, 4) is 11.8 Å². The van der Waals surface area contributed by atoms with Gasteiger partial charge in [-0.25, -0.2) is 0 Å². The zero-order valence-corrected chi connectivity index (χ0v) is 15.1. The van der Waals surface area contributed by atoms with Crippen LogP contribution in [0.5, 0.6) is 5.75 Å². The first-order chi connectivity index (χ1) is 11.6. The summed E-state index contributed by atoms with van der Waals surface area (Å²) in [5.41, 5.74) is 2.58. The lowest BCUT2D eigenvalue weighted by molar-refractivity contribution is -0.112. The van der Waals surface area contributed by atoms with E-state index in [0.717, 1.165) is 27.8 Å². The molecule has 0 atom stereocenters. The average Bonchev–Trinajstić information content (AvgIpc) is 2.61. The SMILES string of the molecule is CCc1ccc(NC(=O)/C(C#N)=C/c2ccc(OC)cc2)c(Br)c1. The summed E-state index contributed by atoms with van der Waals surface area (Å²) in [6, 6.07) is 14.8. The van der Waals surface area contributed by atoms with Gasteiger partial charge in [0.1, 0.15) is 17.4 Å². The van der Waals surface area contributed by atoms with Crippen molar-refractivity contribution in [3.63, 3.8) is 0 Å². The van der Waals surface area contributed by atoms with Gasteiger partial charge in [-0.2, -0.15) is 5.26 Å². The average molecular weight is 385 g/mol. The second-order valence-electron chi connectivity index (χ2n) is 5.06. The van der Waals surface area contributed by atoms with Crippen molar-refractivity contribution >= 4 is 33.6 Å². The number of amides is 1. The third-order valence-electron chi connectivity index (χ3n) is 3.48. The van der Waals surface area contributed by atoms with E-state index in [0.29, 0.717) is 5.69 Å². The highest BCUT2D eigenvalue weighted by Gasteiger charge is 2.11. The molecule has 0 heterocycles.